The molecular formula is C22H26N4O2S. The number of sulfone groups is 1. The number of nitrogens with zero attached hydrogens (tertiary/aromatic N) is 2. The van der Waals surface area contributed by atoms with E-state index in [2.05, 4.69) is 23.2 Å². The lowest BCUT2D eigenvalue weighted by molar-refractivity contribution is 0.596. The van der Waals surface area contributed by atoms with Crippen LogP contribution in [0.3, 0.4) is 0 Å². The maximum atomic E-state index is 12.7. The number of fused-ring (bicyclic) bond motifs is 2. The molecule has 7 heteroatoms. The summed E-state index contributed by atoms with van der Waals surface area (Å²) in [6.07, 6.45) is 0.875. The van der Waals surface area contributed by atoms with E-state index in [4.69, 9.17) is 10.7 Å². The number of pyridine rings is 1. The number of aromatic nitrogens is 1. The molecule has 0 saturated carbocycles. The monoisotopic (exact) mass is 410 g/mol. The van der Waals surface area contributed by atoms with E-state index in [1.54, 1.807) is 12.1 Å². The largest absolute Gasteiger partial charge is 0.384 e. The number of hydrogen-bond acceptors (Lipinski definition) is 6. The molecule has 1 aromatic heterocycles. The van der Waals surface area contributed by atoms with Gasteiger partial charge in [-0.3, -0.25) is 0 Å². The van der Waals surface area contributed by atoms with Crippen LogP contribution in [0.15, 0.2) is 53.4 Å². The smallest absolute Gasteiger partial charge is 0.180 e. The predicted molar refractivity (Wildman–Crippen MR) is 118 cm³/mol. The van der Waals surface area contributed by atoms with Gasteiger partial charge < -0.3 is 16.0 Å². The number of hydrogen-bond donors (Lipinski definition) is 2. The van der Waals surface area contributed by atoms with E-state index >= 15 is 0 Å². The lowest BCUT2D eigenvalue weighted by Gasteiger charge is -2.23. The van der Waals surface area contributed by atoms with Gasteiger partial charge in [0.2, 0.25) is 0 Å². The maximum absolute atomic E-state index is 12.7. The molecule has 0 unspecified atom stereocenters. The zero-order valence-corrected chi connectivity index (χ0v) is 17.4. The molecule has 0 fully saturated rings. The average molecular weight is 411 g/mol. The standard InChI is InChI=1S/C22H26N4O2S/c1-16-6-4-8-18-22(16)19(24-11-5-10-23)14-21(25-18)26-12-13-29(27,28)20-9-3-2-7-17(20)15-26/h2-4,6-9,14H,5,10-13,15,23H2,1H3,(H,24,25). The fraction of sp³-hybridized carbons (Fsp3) is 0.318. The Morgan fingerprint density at radius 2 is 2.00 bits per heavy atom. The highest BCUT2D eigenvalue weighted by Gasteiger charge is 2.26. The van der Waals surface area contributed by atoms with Gasteiger partial charge >= 0.3 is 0 Å². The van der Waals surface area contributed by atoms with Gasteiger partial charge in [-0.25, -0.2) is 13.4 Å². The third-order valence-corrected chi connectivity index (χ3v) is 7.14. The molecule has 0 radical (unpaired) electrons. The first-order chi connectivity index (χ1) is 14.0. The number of anilines is 2. The number of nitrogens with two attached hydrogens (primary N) is 1. The molecule has 1 aliphatic heterocycles. The van der Waals surface area contributed by atoms with Crippen LogP contribution in [0.5, 0.6) is 0 Å². The van der Waals surface area contributed by atoms with Crippen molar-refractivity contribution in [3.63, 3.8) is 0 Å². The number of nitrogens with one attached hydrogen (secondary N) is 1. The van der Waals surface area contributed by atoms with Gasteiger partial charge in [-0.1, -0.05) is 30.3 Å². The molecule has 0 spiro atoms. The summed E-state index contributed by atoms with van der Waals surface area (Å²) >= 11 is 0. The highest BCUT2D eigenvalue weighted by molar-refractivity contribution is 7.91. The molecule has 3 aromatic rings. The van der Waals surface area contributed by atoms with E-state index < -0.39 is 9.84 Å². The third-order valence-electron chi connectivity index (χ3n) is 5.35. The van der Waals surface area contributed by atoms with Crippen LogP contribution in [-0.2, 0) is 16.4 Å². The Balaban J connectivity index is 1.78. The second-order valence-corrected chi connectivity index (χ2v) is 9.49. The van der Waals surface area contributed by atoms with Gasteiger partial charge in [0.15, 0.2) is 9.84 Å². The summed E-state index contributed by atoms with van der Waals surface area (Å²) in [5.41, 5.74) is 9.53. The highest BCUT2D eigenvalue weighted by atomic mass is 32.2. The quantitative estimate of drug-likeness (QED) is 0.629. The Morgan fingerprint density at radius 3 is 2.83 bits per heavy atom. The van der Waals surface area contributed by atoms with Crippen LogP contribution >= 0.6 is 0 Å². The summed E-state index contributed by atoms with van der Waals surface area (Å²) < 4.78 is 25.4. The number of aryl methyl sites for hydroxylation is 1. The molecule has 0 atom stereocenters. The van der Waals surface area contributed by atoms with Crippen molar-refractivity contribution in [3.05, 3.63) is 59.7 Å². The molecule has 0 saturated heterocycles. The predicted octanol–water partition coefficient (Wildman–Crippen LogP) is 3.10. The van der Waals surface area contributed by atoms with E-state index in [9.17, 15) is 8.42 Å². The lowest BCUT2D eigenvalue weighted by Crippen LogP contribution is -2.26. The van der Waals surface area contributed by atoms with Crippen molar-refractivity contribution in [2.75, 3.05) is 35.6 Å². The van der Waals surface area contributed by atoms with E-state index in [0.717, 1.165) is 46.5 Å². The summed E-state index contributed by atoms with van der Waals surface area (Å²) in [4.78, 5) is 7.36. The first-order valence-electron chi connectivity index (χ1n) is 9.89. The third kappa shape index (κ3) is 3.93. The average Bonchev–Trinajstić information content (AvgIpc) is 2.84. The molecule has 0 aliphatic carbocycles. The summed E-state index contributed by atoms with van der Waals surface area (Å²) in [6, 6.07) is 15.4. The van der Waals surface area contributed by atoms with Crippen molar-refractivity contribution in [2.45, 2.75) is 24.8 Å². The van der Waals surface area contributed by atoms with Gasteiger partial charge in [-0.05, 0) is 43.1 Å². The lowest BCUT2D eigenvalue weighted by atomic mass is 10.1. The summed E-state index contributed by atoms with van der Waals surface area (Å²) in [5, 5.41) is 4.59. The van der Waals surface area contributed by atoms with Gasteiger partial charge in [-0.15, -0.1) is 0 Å². The molecule has 1 aliphatic rings. The van der Waals surface area contributed by atoms with E-state index in [1.807, 2.05) is 30.3 Å². The molecule has 6 nitrogen and oxygen atoms in total. The van der Waals surface area contributed by atoms with Gasteiger partial charge in [-0.2, -0.15) is 0 Å². The van der Waals surface area contributed by atoms with Crippen LogP contribution in [0.1, 0.15) is 17.5 Å². The SMILES string of the molecule is Cc1cccc2nc(N3CCS(=O)(=O)c4ccccc4C3)cc(NCCCN)c12. The fourth-order valence-corrected chi connectivity index (χ4v) is 5.34. The minimum Gasteiger partial charge on any atom is -0.384 e. The van der Waals surface area contributed by atoms with Crippen LogP contribution in [0.2, 0.25) is 0 Å². The Hall–Kier alpha value is -2.64. The normalized spacial score (nSPS) is 15.7. The molecule has 0 bridgehead atoms. The van der Waals surface area contributed by atoms with Gasteiger partial charge in [0.1, 0.15) is 5.82 Å². The molecule has 2 aromatic carbocycles. The Labute approximate surface area is 171 Å². The van der Waals surface area contributed by atoms with Crippen LogP contribution in [0, 0.1) is 6.92 Å². The zero-order valence-electron chi connectivity index (χ0n) is 16.6. The molecule has 0 amide bonds. The van der Waals surface area contributed by atoms with Crippen LogP contribution in [0.4, 0.5) is 11.5 Å². The molecule has 4 rings (SSSR count). The minimum absolute atomic E-state index is 0.0769. The first-order valence-corrected chi connectivity index (χ1v) is 11.5. The van der Waals surface area contributed by atoms with Crippen molar-refractivity contribution in [1.82, 2.24) is 4.98 Å². The summed E-state index contributed by atoms with van der Waals surface area (Å²) in [5.74, 6) is 0.860. The second-order valence-electron chi connectivity index (χ2n) is 7.41. The van der Waals surface area contributed by atoms with Crippen molar-refractivity contribution >= 4 is 32.2 Å². The molecular weight excluding hydrogens is 384 g/mol. The van der Waals surface area contributed by atoms with Gasteiger partial charge in [0.25, 0.3) is 0 Å². The first kappa shape index (κ1) is 19.7. The van der Waals surface area contributed by atoms with Crippen molar-refractivity contribution < 1.29 is 8.42 Å². The minimum atomic E-state index is -3.30. The Morgan fingerprint density at radius 1 is 1.17 bits per heavy atom. The van der Waals surface area contributed by atoms with Gasteiger partial charge in [0.05, 0.1) is 16.2 Å². The number of benzene rings is 2. The van der Waals surface area contributed by atoms with E-state index in [0.29, 0.717) is 24.5 Å². The Bertz CT molecular complexity index is 1140. The highest BCUT2D eigenvalue weighted by Crippen LogP contribution is 2.32. The maximum Gasteiger partial charge on any atom is 0.180 e. The molecule has 152 valence electrons. The number of rotatable bonds is 5. The van der Waals surface area contributed by atoms with Crippen LogP contribution in [0.25, 0.3) is 10.9 Å². The fourth-order valence-electron chi connectivity index (χ4n) is 3.84. The van der Waals surface area contributed by atoms with Crippen molar-refractivity contribution in [1.29, 1.82) is 0 Å². The summed E-state index contributed by atoms with van der Waals surface area (Å²) in [6.45, 7) is 4.40. The van der Waals surface area contributed by atoms with Crippen LogP contribution < -0.4 is 16.0 Å². The zero-order chi connectivity index (χ0) is 20.4. The van der Waals surface area contributed by atoms with E-state index in [-0.39, 0.29) is 5.75 Å². The van der Waals surface area contributed by atoms with E-state index in [1.165, 1.54) is 0 Å². The molecule has 2 heterocycles. The van der Waals surface area contributed by atoms with Crippen molar-refractivity contribution in [3.8, 4) is 0 Å². The van der Waals surface area contributed by atoms with Crippen molar-refractivity contribution in [2.24, 2.45) is 5.73 Å². The van der Waals surface area contributed by atoms with Gasteiger partial charge in [0, 0.05) is 36.8 Å². The molecule has 29 heavy (non-hydrogen) atoms. The Kier molecular flexibility index (Phi) is 5.43. The molecule has 3 N–H and O–H groups in total. The second kappa shape index (κ2) is 8.00. The topological polar surface area (TPSA) is 88.3 Å². The van der Waals surface area contributed by atoms with Crippen LogP contribution in [-0.4, -0.2) is 38.8 Å². The summed E-state index contributed by atoms with van der Waals surface area (Å²) in [7, 11) is -3.30.